The van der Waals surface area contributed by atoms with E-state index in [1.54, 1.807) is 0 Å². The molecule has 15 heavy (non-hydrogen) atoms. The van der Waals surface area contributed by atoms with E-state index < -0.39 is 5.97 Å². The zero-order chi connectivity index (χ0) is 10.8. The smallest absolute Gasteiger partial charge is 0.320 e. The Kier molecular flexibility index (Phi) is 3.29. The Labute approximate surface area is 91.5 Å². The zero-order valence-corrected chi connectivity index (χ0v) is 9.48. The van der Waals surface area contributed by atoms with Crippen molar-refractivity contribution in [3.05, 3.63) is 0 Å². The minimum absolute atomic E-state index is 0.191. The summed E-state index contributed by atoms with van der Waals surface area (Å²) in [6, 6.07) is 0.355. The molecule has 2 rings (SSSR count). The van der Waals surface area contributed by atoms with E-state index in [4.69, 9.17) is 5.11 Å². The van der Waals surface area contributed by atoms with Crippen molar-refractivity contribution in [3.63, 3.8) is 0 Å². The first-order valence-electron chi connectivity index (χ1n) is 6.17. The molecule has 0 bridgehead atoms. The van der Waals surface area contributed by atoms with Gasteiger partial charge in [0.15, 0.2) is 0 Å². The van der Waals surface area contributed by atoms with E-state index in [1.807, 2.05) is 0 Å². The molecule has 1 heterocycles. The average Bonchev–Trinajstić information content (AvgIpc) is 2.67. The fourth-order valence-corrected chi connectivity index (χ4v) is 3.07. The zero-order valence-electron chi connectivity index (χ0n) is 9.48. The van der Waals surface area contributed by atoms with Crippen molar-refractivity contribution >= 4 is 5.97 Å². The number of carbonyl (C=O) groups is 1. The van der Waals surface area contributed by atoms with Gasteiger partial charge in [0.1, 0.15) is 6.04 Å². The van der Waals surface area contributed by atoms with Crippen molar-refractivity contribution in [2.45, 2.75) is 57.5 Å². The second-order valence-electron chi connectivity index (χ2n) is 5.15. The lowest BCUT2D eigenvalue weighted by atomic mass is 9.86. The van der Waals surface area contributed by atoms with Crippen molar-refractivity contribution in [2.24, 2.45) is 5.92 Å². The van der Waals surface area contributed by atoms with E-state index >= 15 is 0 Å². The van der Waals surface area contributed by atoms with Crippen molar-refractivity contribution in [2.75, 3.05) is 6.54 Å². The van der Waals surface area contributed by atoms with Crippen LogP contribution in [-0.4, -0.2) is 34.6 Å². The van der Waals surface area contributed by atoms with Gasteiger partial charge in [0.05, 0.1) is 0 Å². The molecule has 1 unspecified atom stereocenters. The monoisotopic (exact) mass is 211 g/mol. The van der Waals surface area contributed by atoms with Gasteiger partial charge in [0.25, 0.3) is 0 Å². The Morgan fingerprint density at radius 3 is 2.47 bits per heavy atom. The van der Waals surface area contributed by atoms with E-state index in [9.17, 15) is 4.79 Å². The number of rotatable bonds is 2. The van der Waals surface area contributed by atoms with Crippen LogP contribution >= 0.6 is 0 Å². The largest absolute Gasteiger partial charge is 0.480 e. The normalized spacial score (nSPS) is 38.1. The number of likely N-dealkylation sites (tertiary alicyclic amines) is 1. The lowest BCUT2D eigenvalue weighted by molar-refractivity contribution is -0.143. The highest BCUT2D eigenvalue weighted by molar-refractivity contribution is 5.73. The molecular weight excluding hydrogens is 190 g/mol. The molecule has 0 amide bonds. The summed E-state index contributed by atoms with van der Waals surface area (Å²) in [6.45, 7) is 3.30. The van der Waals surface area contributed by atoms with Crippen LogP contribution < -0.4 is 0 Å². The van der Waals surface area contributed by atoms with E-state index in [2.05, 4.69) is 11.8 Å². The number of aliphatic carboxylic acids is 1. The van der Waals surface area contributed by atoms with Gasteiger partial charge < -0.3 is 5.11 Å². The van der Waals surface area contributed by atoms with E-state index in [-0.39, 0.29) is 6.04 Å². The Morgan fingerprint density at radius 2 is 1.87 bits per heavy atom. The van der Waals surface area contributed by atoms with Crippen molar-refractivity contribution in [1.82, 2.24) is 4.90 Å². The molecule has 0 aromatic heterocycles. The van der Waals surface area contributed by atoms with Crippen molar-refractivity contribution in [3.8, 4) is 0 Å². The Balaban J connectivity index is 1.94. The standard InChI is InChI=1S/C12H21NO2/c1-9-4-6-10(7-5-9)13-8-2-3-11(13)12(14)15/h9-11H,2-8H2,1H3,(H,14,15). The molecule has 0 spiro atoms. The van der Waals surface area contributed by atoms with Gasteiger partial charge in [-0.3, -0.25) is 9.69 Å². The minimum Gasteiger partial charge on any atom is -0.480 e. The maximum atomic E-state index is 11.1. The lowest BCUT2D eigenvalue weighted by Gasteiger charge is -2.35. The van der Waals surface area contributed by atoms with E-state index in [0.717, 1.165) is 25.3 Å². The number of hydrogen-bond acceptors (Lipinski definition) is 2. The van der Waals surface area contributed by atoms with Crippen LogP contribution in [0.15, 0.2) is 0 Å². The second kappa shape index (κ2) is 4.52. The molecule has 2 fully saturated rings. The third-order valence-electron chi connectivity index (χ3n) is 4.03. The van der Waals surface area contributed by atoms with Crippen LogP contribution in [0.4, 0.5) is 0 Å². The SMILES string of the molecule is CC1CCC(N2CCCC2C(=O)O)CC1. The fraction of sp³-hybridized carbons (Fsp3) is 0.917. The van der Waals surface area contributed by atoms with Gasteiger partial charge in [-0.1, -0.05) is 6.92 Å². The fourth-order valence-electron chi connectivity index (χ4n) is 3.07. The molecule has 0 radical (unpaired) electrons. The molecule has 1 aliphatic carbocycles. The van der Waals surface area contributed by atoms with Crippen LogP contribution in [0.3, 0.4) is 0 Å². The van der Waals surface area contributed by atoms with Gasteiger partial charge in [-0.25, -0.2) is 0 Å². The summed E-state index contributed by atoms with van der Waals surface area (Å²) in [5.41, 5.74) is 0. The van der Waals surface area contributed by atoms with Crippen LogP contribution in [0.2, 0.25) is 0 Å². The topological polar surface area (TPSA) is 40.5 Å². The van der Waals surface area contributed by atoms with Crippen LogP contribution in [-0.2, 0) is 4.79 Å². The maximum absolute atomic E-state index is 11.1. The van der Waals surface area contributed by atoms with Gasteiger partial charge in [-0.15, -0.1) is 0 Å². The highest BCUT2D eigenvalue weighted by Crippen LogP contribution is 2.31. The molecule has 3 nitrogen and oxygen atoms in total. The van der Waals surface area contributed by atoms with Crippen LogP contribution in [0.5, 0.6) is 0 Å². The summed E-state index contributed by atoms with van der Waals surface area (Å²) in [5.74, 6) is 0.221. The van der Waals surface area contributed by atoms with Crippen LogP contribution in [0.25, 0.3) is 0 Å². The van der Waals surface area contributed by atoms with E-state index in [1.165, 1.54) is 25.7 Å². The average molecular weight is 211 g/mol. The predicted molar refractivity (Wildman–Crippen MR) is 58.8 cm³/mol. The van der Waals surface area contributed by atoms with Gasteiger partial charge in [0.2, 0.25) is 0 Å². The van der Waals surface area contributed by atoms with Crippen LogP contribution in [0.1, 0.15) is 45.4 Å². The first-order chi connectivity index (χ1) is 7.18. The van der Waals surface area contributed by atoms with Gasteiger partial charge in [0, 0.05) is 6.04 Å². The van der Waals surface area contributed by atoms with E-state index in [0.29, 0.717) is 6.04 Å². The second-order valence-corrected chi connectivity index (χ2v) is 5.15. The highest BCUT2D eigenvalue weighted by Gasteiger charge is 2.36. The Bertz CT molecular complexity index is 234. The molecule has 1 N–H and O–H groups in total. The molecule has 1 aliphatic heterocycles. The molecule has 0 aromatic rings. The maximum Gasteiger partial charge on any atom is 0.320 e. The molecule has 1 saturated heterocycles. The predicted octanol–water partition coefficient (Wildman–Crippen LogP) is 2.11. The molecular formula is C12H21NO2. The summed E-state index contributed by atoms with van der Waals surface area (Å²) >= 11 is 0. The number of nitrogens with zero attached hydrogens (tertiary/aromatic N) is 1. The quantitative estimate of drug-likeness (QED) is 0.760. The number of carboxylic acids is 1. The highest BCUT2D eigenvalue weighted by atomic mass is 16.4. The summed E-state index contributed by atoms with van der Waals surface area (Å²) in [4.78, 5) is 13.3. The number of carboxylic acid groups (broad SMARTS) is 1. The Hall–Kier alpha value is -0.570. The lowest BCUT2D eigenvalue weighted by Crippen LogP contribution is -2.44. The van der Waals surface area contributed by atoms with Gasteiger partial charge in [-0.2, -0.15) is 0 Å². The van der Waals surface area contributed by atoms with Crippen molar-refractivity contribution < 1.29 is 9.90 Å². The summed E-state index contributed by atoms with van der Waals surface area (Å²) in [6.07, 6.45) is 6.85. The summed E-state index contributed by atoms with van der Waals surface area (Å²) in [7, 11) is 0. The van der Waals surface area contributed by atoms with Gasteiger partial charge >= 0.3 is 5.97 Å². The Morgan fingerprint density at radius 1 is 1.20 bits per heavy atom. The molecule has 0 aromatic carbocycles. The summed E-state index contributed by atoms with van der Waals surface area (Å²) in [5, 5.41) is 9.12. The molecule has 3 heteroatoms. The number of hydrogen-bond donors (Lipinski definition) is 1. The minimum atomic E-state index is -0.619. The van der Waals surface area contributed by atoms with Gasteiger partial charge in [-0.05, 0) is 51.0 Å². The molecule has 1 saturated carbocycles. The third kappa shape index (κ3) is 2.33. The first kappa shape index (κ1) is 10.9. The summed E-state index contributed by atoms with van der Waals surface area (Å²) < 4.78 is 0. The first-order valence-corrected chi connectivity index (χ1v) is 6.17. The molecule has 2 aliphatic rings. The van der Waals surface area contributed by atoms with Crippen LogP contribution in [0, 0.1) is 5.92 Å². The molecule has 1 atom stereocenters. The van der Waals surface area contributed by atoms with Crippen molar-refractivity contribution in [1.29, 1.82) is 0 Å². The third-order valence-corrected chi connectivity index (χ3v) is 4.03. The molecule has 86 valence electrons.